The maximum Gasteiger partial charge on any atom is 0.331 e. The number of anilines is 1. The molecule has 0 unspecified atom stereocenters. The van der Waals surface area contributed by atoms with Crippen molar-refractivity contribution < 1.29 is 23.1 Å². The van der Waals surface area contributed by atoms with Gasteiger partial charge in [0.15, 0.2) is 0 Å². The molecule has 1 spiro atoms. The van der Waals surface area contributed by atoms with Crippen molar-refractivity contribution in [1.82, 2.24) is 4.98 Å². The van der Waals surface area contributed by atoms with E-state index in [0.717, 1.165) is 5.56 Å². The highest BCUT2D eigenvalue weighted by Crippen LogP contribution is 2.48. The summed E-state index contributed by atoms with van der Waals surface area (Å²) in [5.41, 5.74) is 0.109. The van der Waals surface area contributed by atoms with Gasteiger partial charge in [0.05, 0.1) is 5.41 Å². The molecule has 0 aromatic carbocycles. The predicted molar refractivity (Wildman–Crippen MR) is 97.3 cm³/mol. The Kier molecular flexibility index (Phi) is 4.82. The van der Waals surface area contributed by atoms with E-state index in [1.807, 2.05) is 6.07 Å². The Balaban J connectivity index is 1.77. The van der Waals surface area contributed by atoms with Crippen molar-refractivity contribution >= 4 is 23.8 Å². The van der Waals surface area contributed by atoms with Crippen LogP contribution >= 0.6 is 0 Å². The van der Waals surface area contributed by atoms with Crippen LogP contribution in [0.4, 0.5) is 14.6 Å². The fourth-order valence-corrected chi connectivity index (χ4v) is 3.55. The zero-order valence-corrected chi connectivity index (χ0v) is 15.8. The van der Waals surface area contributed by atoms with E-state index in [1.165, 1.54) is 6.08 Å². The lowest BCUT2D eigenvalue weighted by Crippen LogP contribution is -2.46. The number of hydrogen-bond donors (Lipinski definition) is 1. The minimum Gasteiger partial charge on any atom is -0.457 e. The first kappa shape index (κ1) is 19.5. The Hall–Kier alpha value is -2.31. The molecule has 5 nitrogen and oxygen atoms in total. The van der Waals surface area contributed by atoms with E-state index in [-0.39, 0.29) is 31.6 Å². The molecule has 0 atom stereocenters. The number of nitrogens with zero attached hydrogens (tertiary/aromatic N) is 1. The van der Waals surface area contributed by atoms with Gasteiger partial charge in [0, 0.05) is 25.1 Å². The minimum atomic E-state index is -2.69. The van der Waals surface area contributed by atoms with Crippen LogP contribution in [0.3, 0.4) is 0 Å². The number of nitrogens with one attached hydrogen (secondary N) is 1. The van der Waals surface area contributed by atoms with Gasteiger partial charge in [0.1, 0.15) is 11.4 Å². The lowest BCUT2D eigenvalue weighted by Gasteiger charge is -2.41. The van der Waals surface area contributed by atoms with Crippen LogP contribution in [0, 0.1) is 5.41 Å². The molecule has 2 aliphatic rings. The van der Waals surface area contributed by atoms with E-state index in [0.29, 0.717) is 17.8 Å². The number of fused-ring (bicyclic) bond motifs is 1. The first-order chi connectivity index (χ1) is 12.5. The normalized spacial score (nSPS) is 21.0. The van der Waals surface area contributed by atoms with Gasteiger partial charge in [0.25, 0.3) is 0 Å². The summed E-state index contributed by atoms with van der Waals surface area (Å²) < 4.78 is 32.3. The van der Waals surface area contributed by atoms with Crippen molar-refractivity contribution in [2.75, 3.05) is 5.32 Å². The van der Waals surface area contributed by atoms with Crippen LogP contribution in [0.25, 0.3) is 6.08 Å². The number of hydrogen-bond acceptors (Lipinski definition) is 4. The molecule has 1 aliphatic carbocycles. The number of esters is 1. The van der Waals surface area contributed by atoms with Gasteiger partial charge in [-0.15, -0.1) is 0 Å². The summed E-state index contributed by atoms with van der Waals surface area (Å²) in [7, 11) is 0. The molecule has 1 aromatic heterocycles. The van der Waals surface area contributed by atoms with E-state index in [1.54, 1.807) is 33.0 Å². The third kappa shape index (κ3) is 4.51. The number of halogens is 2. The Labute approximate surface area is 157 Å². The molecule has 1 fully saturated rings. The van der Waals surface area contributed by atoms with Crippen molar-refractivity contribution in [3.8, 4) is 0 Å². The van der Waals surface area contributed by atoms with Crippen LogP contribution in [0.15, 0.2) is 18.3 Å². The smallest absolute Gasteiger partial charge is 0.331 e. The van der Waals surface area contributed by atoms with Crippen LogP contribution in [0.1, 0.15) is 57.6 Å². The zero-order chi connectivity index (χ0) is 19.9. The van der Waals surface area contributed by atoms with Crippen LogP contribution in [0.5, 0.6) is 0 Å². The molecule has 27 heavy (non-hydrogen) atoms. The van der Waals surface area contributed by atoms with Gasteiger partial charge in [-0.3, -0.25) is 4.79 Å². The van der Waals surface area contributed by atoms with Gasteiger partial charge >= 0.3 is 5.97 Å². The average molecular weight is 378 g/mol. The molecular formula is C20H24F2N2O3. The molecule has 3 rings (SSSR count). The second-order valence-corrected chi connectivity index (χ2v) is 8.41. The molecule has 2 heterocycles. The van der Waals surface area contributed by atoms with E-state index in [2.05, 4.69) is 10.3 Å². The number of rotatable bonds is 2. The Morgan fingerprint density at radius 1 is 1.26 bits per heavy atom. The van der Waals surface area contributed by atoms with Crippen molar-refractivity contribution in [3.63, 3.8) is 0 Å². The predicted octanol–water partition coefficient (Wildman–Crippen LogP) is 4.13. The van der Waals surface area contributed by atoms with Crippen molar-refractivity contribution in [2.24, 2.45) is 5.41 Å². The number of carbonyl (C=O) groups is 2. The van der Waals surface area contributed by atoms with E-state index in [9.17, 15) is 18.4 Å². The minimum absolute atomic E-state index is 0.156. The summed E-state index contributed by atoms with van der Waals surface area (Å²) in [6.45, 7) is 5.36. The number of aromatic nitrogens is 1. The highest BCUT2D eigenvalue weighted by atomic mass is 19.3. The summed E-state index contributed by atoms with van der Waals surface area (Å²) >= 11 is 0. The molecule has 1 aromatic rings. The standard InChI is InChI=1S/C20H24F2N2O3/c1-18(2,3)27-15(25)5-4-13-10-14-11-19(6-8-20(21,22)9-7-19)17(26)24-16(14)23-12-13/h4-5,10,12H,6-9,11H2,1-3H3,(H,23,24,26)/b5-4+. The van der Waals surface area contributed by atoms with Gasteiger partial charge in [-0.1, -0.05) is 0 Å². The van der Waals surface area contributed by atoms with Gasteiger partial charge in [-0.25, -0.2) is 18.6 Å². The van der Waals surface area contributed by atoms with Crippen molar-refractivity contribution in [3.05, 3.63) is 29.5 Å². The summed E-state index contributed by atoms with van der Waals surface area (Å²) in [6, 6.07) is 1.83. The molecule has 146 valence electrons. The number of amides is 1. The largest absolute Gasteiger partial charge is 0.457 e. The number of alkyl halides is 2. The van der Waals surface area contributed by atoms with Gasteiger partial charge in [-0.05, 0) is 63.3 Å². The second kappa shape index (κ2) is 6.69. The maximum atomic E-state index is 13.5. The topological polar surface area (TPSA) is 68.3 Å². The van der Waals surface area contributed by atoms with E-state index in [4.69, 9.17) is 4.74 Å². The van der Waals surface area contributed by atoms with Gasteiger partial charge in [0.2, 0.25) is 11.8 Å². The lowest BCUT2D eigenvalue weighted by molar-refractivity contribution is -0.148. The molecule has 1 N–H and O–H groups in total. The quantitative estimate of drug-likeness (QED) is 0.621. The Bertz CT molecular complexity index is 787. The van der Waals surface area contributed by atoms with Crippen molar-refractivity contribution in [1.29, 1.82) is 0 Å². The number of ether oxygens (including phenoxy) is 1. The summed E-state index contributed by atoms with van der Waals surface area (Å²) in [5, 5.41) is 2.76. The third-order valence-corrected chi connectivity index (χ3v) is 4.99. The van der Waals surface area contributed by atoms with Crippen LogP contribution in [-0.4, -0.2) is 28.4 Å². The SMILES string of the molecule is CC(C)(C)OC(=O)/C=C/c1cnc2c(c1)CC1(CCC(F)(F)CC1)C(=O)N2. The number of pyridine rings is 1. The van der Waals surface area contributed by atoms with Crippen molar-refractivity contribution in [2.45, 2.75) is 64.4 Å². The first-order valence-corrected chi connectivity index (χ1v) is 9.07. The molecule has 1 amide bonds. The Morgan fingerprint density at radius 3 is 2.56 bits per heavy atom. The molecule has 0 saturated heterocycles. The molecule has 1 aliphatic heterocycles. The fourth-order valence-electron chi connectivity index (χ4n) is 3.55. The summed E-state index contributed by atoms with van der Waals surface area (Å²) in [5.74, 6) is -2.92. The molecule has 0 radical (unpaired) electrons. The van der Waals surface area contributed by atoms with Gasteiger partial charge in [-0.2, -0.15) is 0 Å². The second-order valence-electron chi connectivity index (χ2n) is 8.41. The van der Waals surface area contributed by atoms with E-state index < -0.39 is 22.9 Å². The summed E-state index contributed by atoms with van der Waals surface area (Å²) in [4.78, 5) is 28.6. The highest BCUT2D eigenvalue weighted by molar-refractivity contribution is 5.97. The third-order valence-electron chi connectivity index (χ3n) is 4.99. The highest BCUT2D eigenvalue weighted by Gasteiger charge is 2.49. The number of carbonyl (C=O) groups excluding carboxylic acids is 2. The fraction of sp³-hybridized carbons (Fsp3) is 0.550. The molecule has 0 bridgehead atoms. The first-order valence-electron chi connectivity index (χ1n) is 9.07. The molecule has 7 heteroatoms. The van der Waals surface area contributed by atoms with Crippen LogP contribution in [0.2, 0.25) is 0 Å². The average Bonchev–Trinajstić information content (AvgIpc) is 2.55. The molecule has 1 saturated carbocycles. The zero-order valence-electron chi connectivity index (χ0n) is 15.8. The Morgan fingerprint density at radius 2 is 1.93 bits per heavy atom. The maximum absolute atomic E-state index is 13.5. The monoisotopic (exact) mass is 378 g/mol. The van der Waals surface area contributed by atoms with Gasteiger partial charge < -0.3 is 10.1 Å². The molecular weight excluding hydrogens is 354 g/mol. The van der Waals surface area contributed by atoms with Crippen LogP contribution < -0.4 is 5.32 Å². The lowest BCUT2D eigenvalue weighted by atomic mass is 9.67. The van der Waals surface area contributed by atoms with Crippen LogP contribution in [-0.2, 0) is 20.7 Å². The summed E-state index contributed by atoms with van der Waals surface area (Å²) in [6.07, 6.45) is 4.61. The van der Waals surface area contributed by atoms with E-state index >= 15 is 0 Å².